The summed E-state index contributed by atoms with van der Waals surface area (Å²) in [6.45, 7) is 2.39. The summed E-state index contributed by atoms with van der Waals surface area (Å²) in [5.74, 6) is 0.625. The highest BCUT2D eigenvalue weighted by molar-refractivity contribution is 6.01. The van der Waals surface area contributed by atoms with Gasteiger partial charge in [-0.1, -0.05) is 54.6 Å². The van der Waals surface area contributed by atoms with Crippen LogP contribution in [0, 0.1) is 0 Å². The van der Waals surface area contributed by atoms with Crippen molar-refractivity contribution in [2.24, 2.45) is 0 Å². The molecule has 0 radical (unpaired) electrons. The normalized spacial score (nSPS) is 14.8. The van der Waals surface area contributed by atoms with Crippen LogP contribution in [0.5, 0.6) is 0 Å². The zero-order valence-corrected chi connectivity index (χ0v) is 15.1. The van der Waals surface area contributed by atoms with E-state index in [1.54, 1.807) is 11.1 Å². The summed E-state index contributed by atoms with van der Waals surface area (Å²) in [4.78, 5) is 21.4. The van der Waals surface area contributed by atoms with Crippen LogP contribution in [0.3, 0.4) is 0 Å². The fourth-order valence-corrected chi connectivity index (χ4v) is 3.52. The number of benzene rings is 2. The van der Waals surface area contributed by atoms with Crippen LogP contribution in [0.4, 0.5) is 16.3 Å². The smallest absolute Gasteiger partial charge is 0.331 e. The quantitative estimate of drug-likeness (QED) is 0.751. The molecule has 3 aromatic rings. The van der Waals surface area contributed by atoms with Gasteiger partial charge in [0.1, 0.15) is 5.82 Å². The van der Waals surface area contributed by atoms with Gasteiger partial charge in [0, 0.05) is 17.3 Å². The minimum Gasteiger partial charge on any atom is -0.392 e. The fourth-order valence-electron chi connectivity index (χ4n) is 3.52. The molecule has 2 amide bonds. The van der Waals surface area contributed by atoms with Crippen LogP contribution in [0.2, 0.25) is 0 Å². The highest BCUT2D eigenvalue weighted by atomic mass is 16.3. The predicted molar refractivity (Wildman–Crippen MR) is 105 cm³/mol. The van der Waals surface area contributed by atoms with Gasteiger partial charge in [-0.3, -0.25) is 0 Å². The number of anilines is 2. The van der Waals surface area contributed by atoms with Gasteiger partial charge in [-0.05, 0) is 24.6 Å². The maximum Gasteiger partial charge on any atom is 0.331 e. The van der Waals surface area contributed by atoms with Gasteiger partial charge in [0.15, 0.2) is 0 Å². The molecule has 1 aromatic heterocycles. The number of aliphatic hydroxyl groups excluding tert-OH is 1. The van der Waals surface area contributed by atoms with E-state index >= 15 is 0 Å². The van der Waals surface area contributed by atoms with Crippen molar-refractivity contribution in [3.05, 3.63) is 89.6 Å². The molecule has 2 aromatic carbocycles. The van der Waals surface area contributed by atoms with Crippen molar-refractivity contribution in [3.63, 3.8) is 0 Å². The summed E-state index contributed by atoms with van der Waals surface area (Å²) in [5.41, 5.74) is 3.41. The van der Waals surface area contributed by atoms with Gasteiger partial charge in [-0.25, -0.2) is 14.7 Å². The van der Waals surface area contributed by atoms with Crippen LogP contribution in [0.1, 0.15) is 29.7 Å². The molecular weight excluding hydrogens is 338 g/mol. The number of aliphatic hydroxyl groups is 1. The molecule has 5 nitrogen and oxygen atoms in total. The van der Waals surface area contributed by atoms with Gasteiger partial charge in [0.25, 0.3) is 0 Å². The summed E-state index contributed by atoms with van der Waals surface area (Å²) in [6, 6.07) is 21.0. The lowest BCUT2D eigenvalue weighted by Gasteiger charge is -2.40. The second-order valence-electron chi connectivity index (χ2n) is 6.61. The zero-order chi connectivity index (χ0) is 18.8. The van der Waals surface area contributed by atoms with Crippen LogP contribution in [0.25, 0.3) is 0 Å². The highest BCUT2D eigenvalue weighted by Gasteiger charge is 2.36. The highest BCUT2D eigenvalue weighted by Crippen LogP contribution is 2.38. The van der Waals surface area contributed by atoms with E-state index in [1.807, 2.05) is 78.6 Å². The average Bonchev–Trinajstić information content (AvgIpc) is 2.73. The maximum absolute atomic E-state index is 13.5. The van der Waals surface area contributed by atoms with Gasteiger partial charge >= 0.3 is 6.03 Å². The number of para-hydroxylation sites is 1. The Hall–Kier alpha value is -3.18. The van der Waals surface area contributed by atoms with Crippen molar-refractivity contribution in [2.45, 2.75) is 26.1 Å². The number of urea groups is 1. The molecule has 1 aliphatic rings. The van der Waals surface area contributed by atoms with E-state index in [0.29, 0.717) is 23.6 Å². The van der Waals surface area contributed by atoms with Gasteiger partial charge < -0.3 is 10.0 Å². The molecule has 0 saturated carbocycles. The van der Waals surface area contributed by atoms with Crippen LogP contribution >= 0.6 is 0 Å². The molecule has 0 bridgehead atoms. The number of rotatable bonds is 4. The Balaban J connectivity index is 1.82. The van der Waals surface area contributed by atoms with E-state index in [4.69, 9.17) is 0 Å². The van der Waals surface area contributed by atoms with Crippen molar-refractivity contribution in [2.75, 3.05) is 4.90 Å². The molecule has 136 valence electrons. The first-order valence-electron chi connectivity index (χ1n) is 8.99. The standard InChI is InChI=1S/C22H21N3O2/c1-16(17-8-3-2-4-9-17)24-14-18-11-7-13-23-21(18)25(22(24)27)20-12-6-5-10-19(20)15-26/h2-13,16,26H,14-15H2,1H3. The van der Waals surface area contributed by atoms with Crippen LogP contribution in [0.15, 0.2) is 72.9 Å². The lowest BCUT2D eigenvalue weighted by molar-refractivity contribution is 0.180. The summed E-state index contributed by atoms with van der Waals surface area (Å²) in [6.07, 6.45) is 1.69. The molecule has 1 atom stereocenters. The summed E-state index contributed by atoms with van der Waals surface area (Å²) in [7, 11) is 0. The lowest BCUT2D eigenvalue weighted by atomic mass is 10.0. The number of nitrogens with zero attached hydrogens (tertiary/aromatic N) is 3. The molecular formula is C22H21N3O2. The molecule has 4 rings (SSSR count). The van der Waals surface area contributed by atoms with Crippen LogP contribution < -0.4 is 4.90 Å². The first kappa shape index (κ1) is 17.2. The van der Waals surface area contributed by atoms with Gasteiger partial charge in [-0.2, -0.15) is 0 Å². The summed E-state index contributed by atoms with van der Waals surface area (Å²) >= 11 is 0. The molecule has 27 heavy (non-hydrogen) atoms. The first-order valence-corrected chi connectivity index (χ1v) is 8.99. The van der Waals surface area contributed by atoms with E-state index in [2.05, 4.69) is 4.98 Å². The second kappa shape index (κ2) is 7.21. The summed E-state index contributed by atoms with van der Waals surface area (Å²) in [5, 5.41) is 9.76. The molecule has 1 unspecified atom stereocenters. The number of fused-ring (bicyclic) bond motifs is 1. The molecule has 5 heteroatoms. The minimum absolute atomic E-state index is 0.0872. The first-order chi connectivity index (χ1) is 13.2. The SMILES string of the molecule is CC(c1ccccc1)N1Cc2cccnc2N(c2ccccc2CO)C1=O. The molecule has 1 N–H and O–H groups in total. The molecule has 0 fully saturated rings. The molecule has 0 aliphatic carbocycles. The predicted octanol–water partition coefficient (Wildman–Crippen LogP) is 4.41. The van der Waals surface area contributed by atoms with E-state index in [1.165, 1.54) is 0 Å². The summed E-state index contributed by atoms with van der Waals surface area (Å²) < 4.78 is 0. The Bertz CT molecular complexity index is 959. The fraction of sp³-hybridized carbons (Fsp3) is 0.182. The lowest BCUT2D eigenvalue weighted by Crippen LogP contribution is -2.46. The van der Waals surface area contributed by atoms with Crippen molar-refractivity contribution in [3.8, 4) is 0 Å². The average molecular weight is 359 g/mol. The van der Waals surface area contributed by atoms with E-state index < -0.39 is 0 Å². The van der Waals surface area contributed by atoms with Gasteiger partial charge in [0.2, 0.25) is 0 Å². The third-order valence-corrected chi connectivity index (χ3v) is 5.01. The number of pyridine rings is 1. The Morgan fingerprint density at radius 2 is 1.78 bits per heavy atom. The van der Waals surface area contributed by atoms with E-state index in [0.717, 1.165) is 11.1 Å². The van der Waals surface area contributed by atoms with Crippen molar-refractivity contribution in [1.82, 2.24) is 9.88 Å². The monoisotopic (exact) mass is 359 g/mol. The Labute approximate surface area is 158 Å². The van der Waals surface area contributed by atoms with Gasteiger partial charge in [-0.15, -0.1) is 0 Å². The van der Waals surface area contributed by atoms with Crippen LogP contribution in [-0.4, -0.2) is 21.0 Å². The Morgan fingerprint density at radius 3 is 2.56 bits per heavy atom. The van der Waals surface area contributed by atoms with Crippen molar-refractivity contribution < 1.29 is 9.90 Å². The Kier molecular flexibility index (Phi) is 4.60. The van der Waals surface area contributed by atoms with Crippen molar-refractivity contribution in [1.29, 1.82) is 0 Å². The third-order valence-electron chi connectivity index (χ3n) is 5.01. The maximum atomic E-state index is 13.5. The number of carbonyl (C=O) groups is 1. The number of hydrogen-bond acceptors (Lipinski definition) is 3. The second-order valence-corrected chi connectivity index (χ2v) is 6.61. The Morgan fingerprint density at radius 1 is 1.04 bits per heavy atom. The molecule has 0 spiro atoms. The van der Waals surface area contributed by atoms with Crippen LogP contribution in [-0.2, 0) is 13.2 Å². The number of amides is 2. The van der Waals surface area contributed by atoms with Crippen molar-refractivity contribution >= 4 is 17.5 Å². The third kappa shape index (κ3) is 3.06. The largest absolute Gasteiger partial charge is 0.392 e. The minimum atomic E-state index is -0.143. The van der Waals surface area contributed by atoms with E-state index in [9.17, 15) is 9.90 Å². The van der Waals surface area contributed by atoms with Gasteiger partial charge in [0.05, 0.1) is 24.9 Å². The number of hydrogen-bond donors (Lipinski definition) is 1. The number of carbonyl (C=O) groups excluding carboxylic acids is 1. The topological polar surface area (TPSA) is 56.7 Å². The van der Waals surface area contributed by atoms with E-state index in [-0.39, 0.29) is 18.7 Å². The zero-order valence-electron chi connectivity index (χ0n) is 15.1. The molecule has 2 heterocycles. The molecule has 1 aliphatic heterocycles. The number of aromatic nitrogens is 1. The molecule has 0 saturated heterocycles.